The Balaban J connectivity index is 1.68. The first kappa shape index (κ1) is 12.8. The third-order valence-corrected chi connectivity index (χ3v) is 4.71. The molecule has 0 saturated carbocycles. The summed E-state index contributed by atoms with van der Waals surface area (Å²) < 4.78 is 12.9. The highest BCUT2D eigenvalue weighted by Crippen LogP contribution is 2.29. The van der Waals surface area contributed by atoms with Gasteiger partial charge >= 0.3 is 0 Å². The minimum absolute atomic E-state index is 0.177. The van der Waals surface area contributed by atoms with E-state index in [1.165, 1.54) is 34.9 Å². The van der Waals surface area contributed by atoms with Crippen LogP contribution in [-0.2, 0) is 6.42 Å². The van der Waals surface area contributed by atoms with Gasteiger partial charge in [0.15, 0.2) is 0 Å². The zero-order valence-electron chi connectivity index (χ0n) is 10.7. The first-order valence-electron chi connectivity index (χ1n) is 6.71. The van der Waals surface area contributed by atoms with Crippen molar-refractivity contribution < 1.29 is 4.39 Å². The SMILES string of the molecule is Fc1ccc(Cc2cnc(C3CCNCC3)s2)cc1. The molecule has 0 spiro atoms. The first-order valence-corrected chi connectivity index (χ1v) is 7.52. The summed E-state index contributed by atoms with van der Waals surface area (Å²) in [6, 6.07) is 6.73. The van der Waals surface area contributed by atoms with E-state index >= 15 is 0 Å². The van der Waals surface area contributed by atoms with E-state index in [2.05, 4.69) is 10.3 Å². The van der Waals surface area contributed by atoms with Crippen molar-refractivity contribution in [3.8, 4) is 0 Å². The monoisotopic (exact) mass is 276 g/mol. The summed E-state index contributed by atoms with van der Waals surface area (Å²) in [5.41, 5.74) is 1.14. The predicted molar refractivity (Wildman–Crippen MR) is 76.2 cm³/mol. The van der Waals surface area contributed by atoms with Crippen LogP contribution in [0.25, 0.3) is 0 Å². The molecule has 2 aromatic rings. The topological polar surface area (TPSA) is 24.9 Å². The van der Waals surface area contributed by atoms with Crippen molar-refractivity contribution in [3.05, 3.63) is 51.7 Å². The number of piperidine rings is 1. The van der Waals surface area contributed by atoms with Crippen LogP contribution in [0.3, 0.4) is 0 Å². The fourth-order valence-electron chi connectivity index (χ4n) is 2.47. The third kappa shape index (κ3) is 3.19. The summed E-state index contributed by atoms with van der Waals surface area (Å²) in [6.07, 6.45) is 5.20. The molecule has 0 aliphatic carbocycles. The zero-order chi connectivity index (χ0) is 13.1. The zero-order valence-corrected chi connectivity index (χ0v) is 11.5. The summed E-state index contributed by atoms with van der Waals surface area (Å²) in [6.45, 7) is 2.19. The van der Waals surface area contributed by atoms with Gasteiger partial charge in [-0.05, 0) is 43.6 Å². The largest absolute Gasteiger partial charge is 0.317 e. The molecule has 1 aromatic heterocycles. The predicted octanol–water partition coefficient (Wildman–Crippen LogP) is 3.34. The highest BCUT2D eigenvalue weighted by molar-refractivity contribution is 7.11. The molecule has 0 radical (unpaired) electrons. The second kappa shape index (κ2) is 5.80. The molecule has 2 nitrogen and oxygen atoms in total. The van der Waals surface area contributed by atoms with Crippen LogP contribution in [-0.4, -0.2) is 18.1 Å². The van der Waals surface area contributed by atoms with Gasteiger partial charge in [0, 0.05) is 23.4 Å². The molecule has 1 saturated heterocycles. The molecule has 19 heavy (non-hydrogen) atoms. The Hall–Kier alpha value is -1.26. The van der Waals surface area contributed by atoms with Crippen molar-refractivity contribution >= 4 is 11.3 Å². The van der Waals surface area contributed by atoms with Gasteiger partial charge < -0.3 is 5.32 Å². The average Bonchev–Trinajstić information content (AvgIpc) is 2.91. The number of rotatable bonds is 3. The van der Waals surface area contributed by atoms with Gasteiger partial charge in [0.1, 0.15) is 5.82 Å². The molecule has 1 aliphatic heterocycles. The van der Waals surface area contributed by atoms with Gasteiger partial charge in [0.2, 0.25) is 0 Å². The lowest BCUT2D eigenvalue weighted by Gasteiger charge is -2.20. The summed E-state index contributed by atoms with van der Waals surface area (Å²) in [7, 11) is 0. The maximum atomic E-state index is 12.9. The lowest BCUT2D eigenvalue weighted by atomic mass is 9.99. The molecule has 0 unspecified atom stereocenters. The number of nitrogens with one attached hydrogen (secondary N) is 1. The van der Waals surface area contributed by atoms with Crippen LogP contribution in [0, 0.1) is 5.82 Å². The van der Waals surface area contributed by atoms with Crippen molar-refractivity contribution in [3.63, 3.8) is 0 Å². The summed E-state index contributed by atoms with van der Waals surface area (Å²) in [4.78, 5) is 5.83. The van der Waals surface area contributed by atoms with Crippen LogP contribution in [0.15, 0.2) is 30.5 Å². The molecule has 3 rings (SSSR count). The Morgan fingerprint density at radius 3 is 2.68 bits per heavy atom. The average molecular weight is 276 g/mol. The molecule has 100 valence electrons. The second-order valence-corrected chi connectivity index (χ2v) is 6.14. The van der Waals surface area contributed by atoms with Crippen LogP contribution < -0.4 is 5.32 Å². The van der Waals surface area contributed by atoms with Gasteiger partial charge in [-0.15, -0.1) is 11.3 Å². The molecule has 0 amide bonds. The van der Waals surface area contributed by atoms with Gasteiger partial charge in [0.05, 0.1) is 5.01 Å². The van der Waals surface area contributed by atoms with Crippen molar-refractivity contribution in [1.29, 1.82) is 0 Å². The number of benzene rings is 1. The summed E-state index contributed by atoms with van der Waals surface area (Å²) in [5, 5.41) is 4.64. The fourth-order valence-corrected chi connectivity index (χ4v) is 3.59. The molecule has 1 aliphatic rings. The Labute approximate surface area is 116 Å². The lowest BCUT2D eigenvalue weighted by Crippen LogP contribution is -2.26. The van der Waals surface area contributed by atoms with Gasteiger partial charge in [-0.25, -0.2) is 9.37 Å². The second-order valence-electron chi connectivity index (χ2n) is 4.99. The Morgan fingerprint density at radius 2 is 1.95 bits per heavy atom. The van der Waals surface area contributed by atoms with Crippen LogP contribution in [0.2, 0.25) is 0 Å². The van der Waals surface area contributed by atoms with E-state index in [1.807, 2.05) is 18.3 Å². The summed E-state index contributed by atoms with van der Waals surface area (Å²) in [5.74, 6) is 0.441. The maximum Gasteiger partial charge on any atom is 0.123 e. The van der Waals surface area contributed by atoms with E-state index in [9.17, 15) is 4.39 Å². The highest BCUT2D eigenvalue weighted by Gasteiger charge is 2.18. The van der Waals surface area contributed by atoms with Crippen molar-refractivity contribution in [2.45, 2.75) is 25.2 Å². The number of halogens is 1. The molecule has 2 heterocycles. The van der Waals surface area contributed by atoms with Crippen LogP contribution in [0.4, 0.5) is 4.39 Å². The minimum Gasteiger partial charge on any atom is -0.317 e. The number of aromatic nitrogens is 1. The minimum atomic E-state index is -0.177. The van der Waals surface area contributed by atoms with E-state index in [-0.39, 0.29) is 5.82 Å². The molecular formula is C15H17FN2S. The first-order chi connectivity index (χ1) is 9.31. The van der Waals surface area contributed by atoms with E-state index in [1.54, 1.807) is 11.3 Å². The Kier molecular flexibility index (Phi) is 3.89. The standard InChI is InChI=1S/C15H17FN2S/c16-13-3-1-11(2-4-13)9-14-10-18-15(19-14)12-5-7-17-8-6-12/h1-4,10,12,17H,5-9H2. The van der Waals surface area contributed by atoms with Crippen LogP contribution in [0.1, 0.15) is 34.2 Å². The lowest BCUT2D eigenvalue weighted by molar-refractivity contribution is 0.459. The van der Waals surface area contributed by atoms with E-state index in [4.69, 9.17) is 0 Å². The summed E-state index contributed by atoms with van der Waals surface area (Å²) >= 11 is 1.81. The van der Waals surface area contributed by atoms with Crippen molar-refractivity contribution in [2.24, 2.45) is 0 Å². The molecule has 0 bridgehead atoms. The normalized spacial score (nSPS) is 16.7. The van der Waals surface area contributed by atoms with Gasteiger partial charge in [-0.3, -0.25) is 0 Å². The van der Waals surface area contributed by atoms with Crippen LogP contribution in [0.5, 0.6) is 0 Å². The van der Waals surface area contributed by atoms with Crippen molar-refractivity contribution in [1.82, 2.24) is 10.3 Å². The molecule has 0 atom stereocenters. The van der Waals surface area contributed by atoms with Gasteiger partial charge in [-0.1, -0.05) is 12.1 Å². The quantitative estimate of drug-likeness (QED) is 0.930. The molecule has 4 heteroatoms. The molecule has 1 fully saturated rings. The van der Waals surface area contributed by atoms with Crippen molar-refractivity contribution in [2.75, 3.05) is 13.1 Å². The maximum absolute atomic E-state index is 12.9. The molecule has 1 aromatic carbocycles. The molecule has 1 N–H and O–H groups in total. The Bertz CT molecular complexity index is 529. The number of hydrogen-bond acceptors (Lipinski definition) is 3. The number of hydrogen-bond donors (Lipinski definition) is 1. The van der Waals surface area contributed by atoms with E-state index < -0.39 is 0 Å². The smallest absolute Gasteiger partial charge is 0.123 e. The highest BCUT2D eigenvalue weighted by atomic mass is 32.1. The Morgan fingerprint density at radius 1 is 1.21 bits per heavy atom. The van der Waals surface area contributed by atoms with E-state index in [0.29, 0.717) is 5.92 Å². The van der Waals surface area contributed by atoms with Crippen LogP contribution >= 0.6 is 11.3 Å². The van der Waals surface area contributed by atoms with Gasteiger partial charge in [0.25, 0.3) is 0 Å². The number of nitrogens with zero attached hydrogens (tertiary/aromatic N) is 1. The third-order valence-electron chi connectivity index (χ3n) is 3.55. The van der Waals surface area contributed by atoms with E-state index in [0.717, 1.165) is 25.1 Å². The van der Waals surface area contributed by atoms with Gasteiger partial charge in [-0.2, -0.15) is 0 Å². The number of thiazole rings is 1. The molecular weight excluding hydrogens is 259 g/mol. The fraction of sp³-hybridized carbons (Fsp3) is 0.400.